The standard InChI is InChI=1S/C12H14I2NO4/c13-9(10-14-15-10)12(17)19-7-2-4-1-5(7)8-6(4)3-18-11(8)16/h4-10,15H,1-3H2/q-1. The Kier molecular flexibility index (Phi) is 3.22. The summed E-state index contributed by atoms with van der Waals surface area (Å²) >= 11 is 2.20. The molecule has 2 saturated heterocycles. The minimum absolute atomic E-state index is 0.00399. The number of hydrogen-bond acceptors (Lipinski definition) is 5. The molecule has 2 bridgehead atoms. The quantitative estimate of drug-likeness (QED) is 0.118. The Labute approximate surface area is 135 Å². The molecule has 0 amide bonds. The maximum absolute atomic E-state index is 12.1. The fraction of sp³-hybridized carbons (Fsp3) is 0.833. The summed E-state index contributed by atoms with van der Waals surface area (Å²) in [6.07, 6.45) is 1.90. The van der Waals surface area contributed by atoms with Gasteiger partial charge in [-0.15, -0.1) is 0 Å². The molecule has 7 atom stereocenters. The zero-order chi connectivity index (χ0) is 13.1. The first-order chi connectivity index (χ1) is 9.15. The number of nitrogens with one attached hydrogen (secondary N) is 1. The molecule has 4 fully saturated rings. The van der Waals surface area contributed by atoms with Crippen LogP contribution >= 0.6 is 22.6 Å². The van der Waals surface area contributed by atoms with Crippen molar-refractivity contribution in [2.45, 2.75) is 26.9 Å². The molecule has 2 aliphatic heterocycles. The van der Waals surface area contributed by atoms with Crippen molar-refractivity contribution in [2.75, 3.05) is 6.61 Å². The molecule has 0 radical (unpaired) electrons. The molecular weight excluding hydrogens is 476 g/mol. The SMILES string of the molecule is O=C(OC1CC2CC1C1C(=O)OCC21)C(I)C1N[I-]1. The van der Waals surface area contributed by atoms with Gasteiger partial charge in [-0.2, -0.15) is 0 Å². The van der Waals surface area contributed by atoms with E-state index in [4.69, 9.17) is 9.47 Å². The molecule has 2 aliphatic carbocycles. The Morgan fingerprint density at radius 1 is 1.47 bits per heavy atom. The van der Waals surface area contributed by atoms with Crippen LogP contribution in [0.4, 0.5) is 0 Å². The Morgan fingerprint density at radius 2 is 2.26 bits per heavy atom. The van der Waals surface area contributed by atoms with Crippen molar-refractivity contribution in [3.8, 4) is 0 Å². The molecular formula is C12H14I2NO4-. The first-order valence-electron chi connectivity index (χ1n) is 6.54. The number of carbonyl (C=O) groups excluding carboxylic acids is 2. The third-order valence-corrected chi connectivity index (χ3v) is 9.46. The van der Waals surface area contributed by atoms with Gasteiger partial charge in [-0.25, -0.2) is 0 Å². The van der Waals surface area contributed by atoms with Gasteiger partial charge in [-0.05, 0) is 0 Å². The van der Waals surface area contributed by atoms with Crippen molar-refractivity contribution in [1.29, 1.82) is 0 Å². The van der Waals surface area contributed by atoms with Gasteiger partial charge >= 0.3 is 136 Å². The van der Waals surface area contributed by atoms with Crippen LogP contribution in [0.2, 0.25) is 0 Å². The van der Waals surface area contributed by atoms with E-state index in [2.05, 4.69) is 26.1 Å². The fourth-order valence-electron chi connectivity index (χ4n) is 3.89. The van der Waals surface area contributed by atoms with Gasteiger partial charge in [-0.1, -0.05) is 0 Å². The van der Waals surface area contributed by atoms with Crippen LogP contribution < -0.4 is 25.0 Å². The summed E-state index contributed by atoms with van der Waals surface area (Å²) in [6, 6.07) is 0. The molecule has 106 valence electrons. The second kappa shape index (κ2) is 4.69. The summed E-state index contributed by atoms with van der Waals surface area (Å²) in [4.78, 5) is 23.8. The summed E-state index contributed by atoms with van der Waals surface area (Å²) in [5.74, 6) is 0.932. The first-order valence-corrected chi connectivity index (χ1v) is 10.1. The van der Waals surface area contributed by atoms with E-state index in [1.807, 2.05) is 0 Å². The first kappa shape index (κ1) is 13.1. The number of rotatable bonds is 3. The summed E-state index contributed by atoms with van der Waals surface area (Å²) in [6.45, 7) is 0.580. The van der Waals surface area contributed by atoms with Crippen LogP contribution in [0.15, 0.2) is 0 Å². The molecule has 4 aliphatic rings. The van der Waals surface area contributed by atoms with Crippen LogP contribution in [0.3, 0.4) is 0 Å². The molecule has 1 N–H and O–H groups in total. The third-order valence-electron chi connectivity index (χ3n) is 4.79. The van der Waals surface area contributed by atoms with E-state index in [9.17, 15) is 9.59 Å². The number of alkyl halides is 2. The summed E-state index contributed by atoms with van der Waals surface area (Å²) in [5, 5.41) is 0. The fourth-order valence-corrected chi connectivity index (χ4v) is 6.99. The molecule has 2 heterocycles. The van der Waals surface area contributed by atoms with Gasteiger partial charge in [0.2, 0.25) is 0 Å². The Bertz CT molecular complexity index is 441. The summed E-state index contributed by atoms with van der Waals surface area (Å²) in [5.41, 5.74) is 0. The monoisotopic (exact) mass is 490 g/mol. The Hall–Kier alpha value is 0.360. The van der Waals surface area contributed by atoms with Crippen LogP contribution in [0.1, 0.15) is 12.8 Å². The van der Waals surface area contributed by atoms with Gasteiger partial charge in [0.25, 0.3) is 0 Å². The van der Waals surface area contributed by atoms with Gasteiger partial charge in [0.05, 0.1) is 0 Å². The van der Waals surface area contributed by atoms with E-state index in [1.165, 1.54) is 0 Å². The van der Waals surface area contributed by atoms with E-state index in [1.54, 1.807) is 0 Å². The van der Waals surface area contributed by atoms with E-state index >= 15 is 0 Å². The molecule has 0 spiro atoms. The predicted octanol–water partition coefficient (Wildman–Crippen LogP) is -2.54. The number of esters is 2. The van der Waals surface area contributed by atoms with Gasteiger partial charge in [0.15, 0.2) is 0 Å². The van der Waals surface area contributed by atoms with Crippen molar-refractivity contribution in [1.82, 2.24) is 3.53 Å². The van der Waals surface area contributed by atoms with Crippen LogP contribution in [0, 0.1) is 23.7 Å². The van der Waals surface area contributed by atoms with Crippen molar-refractivity contribution in [2.24, 2.45) is 23.7 Å². The summed E-state index contributed by atoms with van der Waals surface area (Å²) < 4.78 is 14.4. The molecule has 2 saturated carbocycles. The van der Waals surface area contributed by atoms with Crippen molar-refractivity contribution < 1.29 is 40.5 Å². The molecule has 4 rings (SSSR count). The van der Waals surface area contributed by atoms with Gasteiger partial charge in [-0.3, -0.25) is 0 Å². The van der Waals surface area contributed by atoms with E-state index in [-0.39, 0.29) is 55.3 Å². The predicted molar refractivity (Wildman–Crippen MR) is 68.8 cm³/mol. The van der Waals surface area contributed by atoms with Crippen LogP contribution in [0.5, 0.6) is 0 Å². The van der Waals surface area contributed by atoms with E-state index in [0.717, 1.165) is 12.8 Å². The second-order valence-electron chi connectivity index (χ2n) is 5.71. The zero-order valence-corrected chi connectivity index (χ0v) is 14.4. The maximum atomic E-state index is 12.1. The number of cyclic esters (lactones) is 1. The average Bonchev–Trinajstić information content (AvgIpc) is 2.92. The van der Waals surface area contributed by atoms with E-state index in [0.29, 0.717) is 22.5 Å². The number of fused-ring (bicyclic) bond motifs is 5. The Balaban J connectivity index is 1.43. The average molecular weight is 490 g/mol. The molecule has 0 aromatic carbocycles. The molecule has 7 unspecified atom stereocenters. The molecule has 7 heteroatoms. The summed E-state index contributed by atoms with van der Waals surface area (Å²) in [7, 11) is 0. The molecule has 19 heavy (non-hydrogen) atoms. The number of halogens is 2. The molecule has 0 aromatic rings. The van der Waals surface area contributed by atoms with Crippen molar-refractivity contribution in [3.63, 3.8) is 0 Å². The number of carbonyl (C=O) groups is 2. The van der Waals surface area contributed by atoms with Crippen LogP contribution in [-0.2, 0) is 19.1 Å². The second-order valence-corrected chi connectivity index (χ2v) is 9.64. The normalized spacial score (nSPS) is 48.2. The molecule has 0 aromatic heterocycles. The van der Waals surface area contributed by atoms with E-state index < -0.39 is 0 Å². The van der Waals surface area contributed by atoms with Crippen molar-refractivity contribution in [3.05, 3.63) is 0 Å². The van der Waals surface area contributed by atoms with Crippen molar-refractivity contribution >= 4 is 34.5 Å². The number of hydrogen-bond donors (Lipinski definition) is 1. The molecule has 5 nitrogen and oxygen atoms in total. The van der Waals surface area contributed by atoms with Crippen LogP contribution in [-0.4, -0.2) is 32.6 Å². The topological polar surface area (TPSA) is 74.5 Å². The van der Waals surface area contributed by atoms with Gasteiger partial charge in [0, 0.05) is 0 Å². The number of ether oxygens (including phenoxy) is 2. The zero-order valence-electron chi connectivity index (χ0n) is 10.1. The Morgan fingerprint density at radius 3 is 3.00 bits per heavy atom. The van der Waals surface area contributed by atoms with Gasteiger partial charge in [0.1, 0.15) is 0 Å². The van der Waals surface area contributed by atoms with Gasteiger partial charge < -0.3 is 0 Å². The van der Waals surface area contributed by atoms with Crippen LogP contribution in [0.25, 0.3) is 0 Å². The third kappa shape index (κ3) is 2.10. The minimum atomic E-state index is -0.101.